The molecule has 0 fully saturated rings. The van der Waals surface area contributed by atoms with Gasteiger partial charge < -0.3 is 10.4 Å². The van der Waals surface area contributed by atoms with Gasteiger partial charge in [-0.25, -0.2) is 0 Å². The van der Waals surface area contributed by atoms with Gasteiger partial charge in [0.05, 0.1) is 0 Å². The van der Waals surface area contributed by atoms with Gasteiger partial charge in [0.25, 0.3) is 5.91 Å². The first-order valence-corrected chi connectivity index (χ1v) is 6.35. The summed E-state index contributed by atoms with van der Waals surface area (Å²) >= 11 is 3.42. The van der Waals surface area contributed by atoms with Gasteiger partial charge in [-0.05, 0) is 50.5 Å². The molecule has 3 nitrogen and oxygen atoms in total. The molecule has 0 saturated heterocycles. The predicted octanol–water partition coefficient (Wildman–Crippen LogP) is 2.19. The first-order valence-electron chi connectivity index (χ1n) is 5.56. The highest BCUT2D eigenvalue weighted by molar-refractivity contribution is 9.10. The fourth-order valence-electron chi connectivity index (χ4n) is 1.44. The summed E-state index contributed by atoms with van der Waals surface area (Å²) in [6.07, 6.45) is 0.757. The Hall–Kier alpha value is -0.870. The molecule has 0 atom stereocenters. The van der Waals surface area contributed by atoms with Crippen LogP contribution in [0.15, 0.2) is 22.7 Å². The van der Waals surface area contributed by atoms with Crippen LogP contribution in [0, 0.1) is 6.92 Å². The van der Waals surface area contributed by atoms with Gasteiger partial charge in [0.2, 0.25) is 0 Å². The highest BCUT2D eigenvalue weighted by Gasteiger charge is 2.22. The monoisotopic (exact) mass is 299 g/mol. The van der Waals surface area contributed by atoms with Crippen LogP contribution in [0.3, 0.4) is 0 Å². The van der Waals surface area contributed by atoms with E-state index in [-0.39, 0.29) is 5.91 Å². The Kier molecular flexibility index (Phi) is 4.71. The number of hydrogen-bond donors (Lipinski definition) is 2. The molecular formula is C13H18BrNO2. The number of aryl methyl sites for hydroxylation is 1. The quantitative estimate of drug-likeness (QED) is 0.895. The lowest BCUT2D eigenvalue weighted by Crippen LogP contribution is -2.42. The van der Waals surface area contributed by atoms with Crippen LogP contribution < -0.4 is 5.32 Å². The molecule has 1 aromatic rings. The smallest absolute Gasteiger partial charge is 0.251 e. The fourth-order valence-corrected chi connectivity index (χ4v) is 1.84. The zero-order valence-corrected chi connectivity index (χ0v) is 12.0. The fraction of sp³-hybridized carbons (Fsp3) is 0.462. The Morgan fingerprint density at radius 2 is 2.12 bits per heavy atom. The average Bonchev–Trinajstić information content (AvgIpc) is 2.21. The van der Waals surface area contributed by atoms with Crippen LogP contribution in [0.25, 0.3) is 0 Å². The highest BCUT2D eigenvalue weighted by Crippen LogP contribution is 2.16. The molecule has 94 valence electrons. The number of carbonyl (C=O) groups is 1. The van der Waals surface area contributed by atoms with E-state index in [1.165, 1.54) is 25.0 Å². The van der Waals surface area contributed by atoms with Crippen LogP contribution >= 0.6 is 15.9 Å². The van der Waals surface area contributed by atoms with Crippen molar-refractivity contribution >= 4 is 21.8 Å². The Morgan fingerprint density at radius 1 is 1.47 bits per heavy atom. The zero-order chi connectivity index (χ0) is 13.1. The standard InChI is InChI=1S/C13H18BrNO2/c1-9-4-5-11(14)8-10(9)6-7-15-12(16)13(2,3)17/h4-5,8,17H,6-7H2,1-3H3,(H,15,16). The molecule has 2 N–H and O–H groups in total. The number of halogens is 1. The maximum atomic E-state index is 11.4. The lowest BCUT2D eigenvalue weighted by Gasteiger charge is -2.16. The van der Waals surface area contributed by atoms with E-state index in [0.29, 0.717) is 6.54 Å². The second kappa shape index (κ2) is 5.65. The number of nitrogens with one attached hydrogen (secondary N) is 1. The summed E-state index contributed by atoms with van der Waals surface area (Å²) in [5, 5.41) is 12.2. The van der Waals surface area contributed by atoms with Crippen LogP contribution in [0.1, 0.15) is 25.0 Å². The average molecular weight is 300 g/mol. The Bertz CT molecular complexity index is 410. The minimum absolute atomic E-state index is 0.342. The molecule has 0 bridgehead atoms. The van der Waals surface area contributed by atoms with Gasteiger partial charge >= 0.3 is 0 Å². The molecule has 1 aromatic carbocycles. The number of benzene rings is 1. The van der Waals surface area contributed by atoms with Gasteiger partial charge in [0.15, 0.2) is 0 Å². The molecule has 0 heterocycles. The predicted molar refractivity (Wildman–Crippen MR) is 71.9 cm³/mol. The molecule has 0 spiro atoms. The summed E-state index contributed by atoms with van der Waals surface area (Å²) < 4.78 is 1.03. The van der Waals surface area contributed by atoms with Crippen LogP contribution in [0.5, 0.6) is 0 Å². The van der Waals surface area contributed by atoms with E-state index in [1.807, 2.05) is 25.1 Å². The van der Waals surface area contributed by atoms with Gasteiger partial charge in [-0.2, -0.15) is 0 Å². The summed E-state index contributed by atoms with van der Waals surface area (Å²) in [6.45, 7) is 5.53. The van der Waals surface area contributed by atoms with Crippen molar-refractivity contribution in [3.8, 4) is 0 Å². The van der Waals surface area contributed by atoms with Crippen LogP contribution in [-0.2, 0) is 11.2 Å². The number of amides is 1. The largest absolute Gasteiger partial charge is 0.381 e. The molecule has 0 aromatic heterocycles. The van der Waals surface area contributed by atoms with Gasteiger partial charge in [-0.15, -0.1) is 0 Å². The van der Waals surface area contributed by atoms with E-state index in [1.54, 1.807) is 0 Å². The number of aliphatic hydroxyl groups is 1. The van der Waals surface area contributed by atoms with Crippen molar-refractivity contribution in [3.05, 3.63) is 33.8 Å². The molecule has 0 aliphatic carbocycles. The number of rotatable bonds is 4. The van der Waals surface area contributed by atoms with Crippen LogP contribution in [-0.4, -0.2) is 23.2 Å². The number of hydrogen-bond acceptors (Lipinski definition) is 2. The molecule has 4 heteroatoms. The van der Waals surface area contributed by atoms with Crippen LogP contribution in [0.2, 0.25) is 0 Å². The summed E-state index contributed by atoms with van der Waals surface area (Å²) in [6, 6.07) is 6.08. The van der Waals surface area contributed by atoms with Crippen molar-refractivity contribution < 1.29 is 9.90 Å². The molecule has 0 aliphatic rings. The van der Waals surface area contributed by atoms with Crippen molar-refractivity contribution in [2.45, 2.75) is 32.8 Å². The minimum Gasteiger partial charge on any atom is -0.381 e. The van der Waals surface area contributed by atoms with E-state index in [0.717, 1.165) is 10.9 Å². The third kappa shape index (κ3) is 4.48. The van der Waals surface area contributed by atoms with Crippen molar-refractivity contribution in [3.63, 3.8) is 0 Å². The summed E-state index contributed by atoms with van der Waals surface area (Å²) in [5.74, 6) is -0.342. The first-order chi connectivity index (χ1) is 7.80. The third-order valence-electron chi connectivity index (χ3n) is 2.55. The lowest BCUT2D eigenvalue weighted by atomic mass is 10.1. The van der Waals surface area contributed by atoms with Crippen molar-refractivity contribution in [2.75, 3.05) is 6.54 Å². The molecule has 17 heavy (non-hydrogen) atoms. The molecule has 0 unspecified atom stereocenters. The molecule has 1 rings (SSSR count). The van der Waals surface area contributed by atoms with Gasteiger partial charge in [-0.3, -0.25) is 4.79 Å². The zero-order valence-electron chi connectivity index (χ0n) is 10.4. The summed E-state index contributed by atoms with van der Waals surface area (Å²) in [7, 11) is 0. The Balaban J connectivity index is 2.52. The molecule has 0 radical (unpaired) electrons. The SMILES string of the molecule is Cc1ccc(Br)cc1CCNC(=O)C(C)(C)O. The van der Waals surface area contributed by atoms with Crippen molar-refractivity contribution in [1.82, 2.24) is 5.32 Å². The summed E-state index contributed by atoms with van der Waals surface area (Å²) in [4.78, 5) is 11.4. The first kappa shape index (κ1) is 14.2. The second-order valence-corrected chi connectivity index (χ2v) is 5.55. The van der Waals surface area contributed by atoms with Gasteiger partial charge in [0, 0.05) is 11.0 Å². The number of carbonyl (C=O) groups excluding carboxylic acids is 1. The lowest BCUT2D eigenvalue weighted by molar-refractivity contribution is -0.136. The van der Waals surface area contributed by atoms with Crippen molar-refractivity contribution in [2.24, 2.45) is 0 Å². The second-order valence-electron chi connectivity index (χ2n) is 4.64. The van der Waals surface area contributed by atoms with E-state index in [9.17, 15) is 9.90 Å². The molecule has 0 saturated carbocycles. The third-order valence-corrected chi connectivity index (χ3v) is 3.04. The Labute approximate surface area is 110 Å². The van der Waals surface area contributed by atoms with E-state index >= 15 is 0 Å². The van der Waals surface area contributed by atoms with E-state index in [4.69, 9.17) is 0 Å². The van der Waals surface area contributed by atoms with E-state index in [2.05, 4.69) is 21.2 Å². The van der Waals surface area contributed by atoms with Gasteiger partial charge in [0.1, 0.15) is 5.60 Å². The normalized spacial score (nSPS) is 11.4. The minimum atomic E-state index is -1.31. The maximum Gasteiger partial charge on any atom is 0.251 e. The topological polar surface area (TPSA) is 49.3 Å². The highest BCUT2D eigenvalue weighted by atomic mass is 79.9. The van der Waals surface area contributed by atoms with Crippen LogP contribution in [0.4, 0.5) is 0 Å². The van der Waals surface area contributed by atoms with Gasteiger partial charge in [-0.1, -0.05) is 22.0 Å². The van der Waals surface area contributed by atoms with E-state index < -0.39 is 5.60 Å². The maximum absolute atomic E-state index is 11.4. The Morgan fingerprint density at radius 3 is 2.71 bits per heavy atom. The molecular weight excluding hydrogens is 282 g/mol. The molecule has 0 aliphatic heterocycles. The summed E-state index contributed by atoms with van der Waals surface area (Å²) in [5.41, 5.74) is 1.08. The molecule has 1 amide bonds. The van der Waals surface area contributed by atoms with Crippen molar-refractivity contribution in [1.29, 1.82) is 0 Å².